The highest BCUT2D eigenvalue weighted by Gasteiger charge is 2.47. The monoisotopic (exact) mass is 293 g/mol. The number of carbonyl (C=O) groups excluding carboxylic acids is 2. The third-order valence-corrected chi connectivity index (χ3v) is 5.73. The van der Waals surface area contributed by atoms with Crippen molar-refractivity contribution in [3.63, 3.8) is 0 Å². The summed E-state index contributed by atoms with van der Waals surface area (Å²) in [4.78, 5) is 27.7. The Bertz CT molecular complexity index is 412. The van der Waals surface area contributed by atoms with Gasteiger partial charge in [-0.2, -0.15) is 0 Å². The fraction of sp³-hybridized carbons (Fsp3) is 0.875. The quantitative estimate of drug-likeness (QED) is 0.846. The van der Waals surface area contributed by atoms with Crippen LogP contribution in [0.2, 0.25) is 0 Å². The van der Waals surface area contributed by atoms with Crippen LogP contribution in [0.5, 0.6) is 0 Å². The predicted octanol–water partition coefficient (Wildman–Crippen LogP) is 1.97. The van der Waals surface area contributed by atoms with Crippen molar-refractivity contribution in [2.45, 2.75) is 57.4 Å². The summed E-state index contributed by atoms with van der Waals surface area (Å²) in [6.07, 6.45) is 8.01. The minimum Gasteiger partial charge on any atom is -0.343 e. The van der Waals surface area contributed by atoms with E-state index in [0.29, 0.717) is 5.92 Å². The van der Waals surface area contributed by atoms with Crippen LogP contribution in [-0.2, 0) is 4.79 Å². The van der Waals surface area contributed by atoms with Crippen molar-refractivity contribution in [2.75, 3.05) is 26.2 Å². The zero-order valence-corrected chi connectivity index (χ0v) is 13.1. The average molecular weight is 293 g/mol. The second-order valence-corrected chi connectivity index (χ2v) is 6.97. The minimum atomic E-state index is 0.140. The number of nitrogens with zero attached hydrogens (tertiary/aromatic N) is 2. The first-order valence-corrected chi connectivity index (χ1v) is 8.42. The third-order valence-electron chi connectivity index (χ3n) is 5.73. The third kappa shape index (κ3) is 2.87. The number of hydrogen-bond acceptors (Lipinski definition) is 2. The Hall–Kier alpha value is -1.26. The molecule has 1 spiro atoms. The highest BCUT2D eigenvalue weighted by Crippen LogP contribution is 2.45. The molecule has 0 unspecified atom stereocenters. The van der Waals surface area contributed by atoms with E-state index < -0.39 is 0 Å². The number of rotatable bonds is 2. The molecule has 0 aromatic rings. The van der Waals surface area contributed by atoms with Gasteiger partial charge < -0.3 is 15.1 Å². The molecule has 21 heavy (non-hydrogen) atoms. The molecule has 0 aromatic heterocycles. The van der Waals surface area contributed by atoms with Crippen LogP contribution in [0.15, 0.2) is 0 Å². The summed E-state index contributed by atoms with van der Waals surface area (Å²) >= 11 is 0. The maximum atomic E-state index is 12.4. The molecule has 0 radical (unpaired) electrons. The maximum Gasteiger partial charge on any atom is 0.317 e. The topological polar surface area (TPSA) is 52.7 Å². The van der Waals surface area contributed by atoms with Crippen LogP contribution in [0, 0.1) is 5.92 Å². The lowest BCUT2D eigenvalue weighted by atomic mass is 9.75. The van der Waals surface area contributed by atoms with Gasteiger partial charge in [0.25, 0.3) is 0 Å². The van der Waals surface area contributed by atoms with Crippen LogP contribution in [0.1, 0.15) is 51.9 Å². The number of amides is 3. The number of urea groups is 1. The summed E-state index contributed by atoms with van der Waals surface area (Å²) in [5.74, 6) is 0.686. The van der Waals surface area contributed by atoms with E-state index in [2.05, 4.69) is 10.2 Å². The largest absolute Gasteiger partial charge is 0.343 e. The van der Waals surface area contributed by atoms with Crippen molar-refractivity contribution in [3.8, 4) is 0 Å². The van der Waals surface area contributed by atoms with E-state index in [1.807, 2.05) is 4.90 Å². The van der Waals surface area contributed by atoms with Crippen LogP contribution < -0.4 is 5.32 Å². The highest BCUT2D eigenvalue weighted by molar-refractivity contribution is 5.75. The van der Waals surface area contributed by atoms with Crippen molar-refractivity contribution < 1.29 is 9.59 Å². The van der Waals surface area contributed by atoms with Gasteiger partial charge in [-0.05, 0) is 50.9 Å². The smallest absolute Gasteiger partial charge is 0.317 e. The zero-order chi connectivity index (χ0) is 14.9. The highest BCUT2D eigenvalue weighted by atomic mass is 16.2. The molecule has 1 N–H and O–H groups in total. The summed E-state index contributed by atoms with van der Waals surface area (Å²) in [7, 11) is 0. The minimum absolute atomic E-state index is 0.140. The molecule has 3 aliphatic rings. The SMILES string of the molecule is CC(=O)N1CCC(CNC(=O)N2CCCC23CCC3)CC1. The number of piperidine rings is 1. The maximum absolute atomic E-state index is 12.4. The van der Waals surface area contributed by atoms with E-state index in [0.717, 1.165) is 45.4 Å². The molecule has 0 bridgehead atoms. The van der Waals surface area contributed by atoms with Gasteiger partial charge in [0.05, 0.1) is 0 Å². The average Bonchev–Trinajstić information content (AvgIpc) is 2.90. The van der Waals surface area contributed by atoms with E-state index in [1.165, 1.54) is 25.7 Å². The summed E-state index contributed by atoms with van der Waals surface area (Å²) in [6, 6.07) is 0.140. The lowest BCUT2D eigenvalue weighted by Gasteiger charge is -2.45. The molecule has 3 amide bonds. The molecule has 5 heteroatoms. The van der Waals surface area contributed by atoms with Crippen molar-refractivity contribution >= 4 is 11.9 Å². The summed E-state index contributed by atoms with van der Waals surface area (Å²) in [6.45, 7) is 4.99. The molecule has 3 rings (SSSR count). The molecule has 5 nitrogen and oxygen atoms in total. The molecule has 0 aromatic carbocycles. The van der Waals surface area contributed by atoms with Gasteiger partial charge in [0, 0.05) is 38.6 Å². The second kappa shape index (κ2) is 5.85. The molecule has 2 aliphatic heterocycles. The van der Waals surface area contributed by atoms with E-state index in [4.69, 9.17) is 0 Å². The van der Waals surface area contributed by atoms with Gasteiger partial charge in [-0.25, -0.2) is 4.79 Å². The molecule has 2 saturated heterocycles. The Balaban J connectivity index is 1.43. The fourth-order valence-electron chi connectivity index (χ4n) is 4.14. The fourth-order valence-corrected chi connectivity index (χ4v) is 4.14. The van der Waals surface area contributed by atoms with Gasteiger partial charge in [0.1, 0.15) is 0 Å². The van der Waals surface area contributed by atoms with Gasteiger partial charge in [-0.15, -0.1) is 0 Å². The first-order chi connectivity index (χ1) is 10.1. The second-order valence-electron chi connectivity index (χ2n) is 6.97. The van der Waals surface area contributed by atoms with E-state index in [1.54, 1.807) is 6.92 Å². The Morgan fingerprint density at radius 2 is 1.76 bits per heavy atom. The van der Waals surface area contributed by atoms with Gasteiger partial charge in [0.2, 0.25) is 5.91 Å². The lowest BCUT2D eigenvalue weighted by Crippen LogP contribution is -2.55. The standard InChI is InChI=1S/C16H27N3O2/c1-13(20)18-10-4-14(5-11-18)12-17-15(21)19-9-3-8-16(19)6-2-7-16/h14H,2-12H2,1H3,(H,17,21). The Morgan fingerprint density at radius 3 is 2.33 bits per heavy atom. The normalized spacial score (nSPS) is 25.0. The van der Waals surface area contributed by atoms with Gasteiger partial charge >= 0.3 is 6.03 Å². The number of likely N-dealkylation sites (tertiary alicyclic amines) is 2. The Morgan fingerprint density at radius 1 is 1.10 bits per heavy atom. The van der Waals surface area contributed by atoms with E-state index in [-0.39, 0.29) is 17.5 Å². The Kier molecular flexibility index (Phi) is 4.09. The van der Waals surface area contributed by atoms with Gasteiger partial charge in [0.15, 0.2) is 0 Å². The lowest BCUT2D eigenvalue weighted by molar-refractivity contribution is -0.130. The number of nitrogens with one attached hydrogen (secondary N) is 1. The molecule has 1 saturated carbocycles. The van der Waals surface area contributed by atoms with Crippen molar-refractivity contribution in [2.24, 2.45) is 5.92 Å². The summed E-state index contributed by atoms with van der Waals surface area (Å²) in [5, 5.41) is 3.15. The molecule has 1 aliphatic carbocycles. The first-order valence-electron chi connectivity index (χ1n) is 8.42. The van der Waals surface area contributed by atoms with Crippen molar-refractivity contribution in [3.05, 3.63) is 0 Å². The van der Waals surface area contributed by atoms with Crippen molar-refractivity contribution in [1.82, 2.24) is 15.1 Å². The molecular weight excluding hydrogens is 266 g/mol. The summed E-state index contributed by atoms with van der Waals surface area (Å²) in [5.41, 5.74) is 0.210. The molecule has 0 atom stereocenters. The molecular formula is C16H27N3O2. The molecule has 2 heterocycles. The van der Waals surface area contributed by atoms with Crippen LogP contribution in [0.3, 0.4) is 0 Å². The van der Waals surface area contributed by atoms with Crippen LogP contribution in [0.4, 0.5) is 4.79 Å². The summed E-state index contributed by atoms with van der Waals surface area (Å²) < 4.78 is 0. The van der Waals surface area contributed by atoms with Crippen LogP contribution in [0.25, 0.3) is 0 Å². The number of hydrogen-bond donors (Lipinski definition) is 1. The van der Waals surface area contributed by atoms with Crippen molar-refractivity contribution in [1.29, 1.82) is 0 Å². The zero-order valence-electron chi connectivity index (χ0n) is 13.1. The Labute approximate surface area is 127 Å². The van der Waals surface area contributed by atoms with E-state index in [9.17, 15) is 9.59 Å². The first kappa shape index (κ1) is 14.7. The van der Waals surface area contributed by atoms with Gasteiger partial charge in [-0.1, -0.05) is 0 Å². The molecule has 3 fully saturated rings. The number of carbonyl (C=O) groups is 2. The van der Waals surface area contributed by atoms with Crippen LogP contribution >= 0.6 is 0 Å². The van der Waals surface area contributed by atoms with Gasteiger partial charge in [-0.3, -0.25) is 4.79 Å². The van der Waals surface area contributed by atoms with Crippen LogP contribution in [-0.4, -0.2) is 53.5 Å². The molecule has 118 valence electrons. The van der Waals surface area contributed by atoms with E-state index >= 15 is 0 Å². The predicted molar refractivity (Wildman–Crippen MR) is 80.9 cm³/mol.